The summed E-state index contributed by atoms with van der Waals surface area (Å²) in [6.07, 6.45) is 7.86. The predicted octanol–water partition coefficient (Wildman–Crippen LogP) is 3.78. The molecule has 0 unspecified atom stereocenters. The molecule has 3 rings (SSSR count). The fourth-order valence-corrected chi connectivity index (χ4v) is 4.29. The van der Waals surface area contributed by atoms with Crippen LogP contribution in [-0.4, -0.2) is 21.8 Å². The van der Waals surface area contributed by atoms with E-state index in [0.717, 1.165) is 40.1 Å². The van der Waals surface area contributed by atoms with Crippen LogP contribution in [0, 0.1) is 4.64 Å². The van der Waals surface area contributed by atoms with Crippen molar-refractivity contribution < 1.29 is 4.74 Å². The van der Waals surface area contributed by atoms with E-state index in [1.807, 2.05) is 11.8 Å². The summed E-state index contributed by atoms with van der Waals surface area (Å²) in [6, 6.07) is 0. The van der Waals surface area contributed by atoms with E-state index in [-0.39, 0.29) is 0 Å². The molecule has 1 saturated carbocycles. The number of aromatic amines is 1. The summed E-state index contributed by atoms with van der Waals surface area (Å²) in [4.78, 5) is 8.00. The molecule has 1 aromatic heterocycles. The molecule has 0 spiro atoms. The molecule has 1 aromatic rings. The van der Waals surface area contributed by atoms with E-state index in [1.165, 1.54) is 37.8 Å². The zero-order valence-electron chi connectivity index (χ0n) is 11.1. The van der Waals surface area contributed by atoms with Gasteiger partial charge in [-0.15, -0.1) is 0 Å². The van der Waals surface area contributed by atoms with E-state index in [1.54, 1.807) is 0 Å². The number of nitrogens with one attached hydrogen (secondary N) is 1. The van der Waals surface area contributed by atoms with Gasteiger partial charge in [0.25, 0.3) is 0 Å². The molecular weight excluding hydrogens is 276 g/mol. The Kier molecular flexibility index (Phi) is 4.56. The van der Waals surface area contributed by atoms with Crippen LogP contribution in [0.25, 0.3) is 0 Å². The van der Waals surface area contributed by atoms with Crippen LogP contribution in [0.3, 0.4) is 0 Å². The van der Waals surface area contributed by atoms with Crippen molar-refractivity contribution in [3.63, 3.8) is 0 Å². The van der Waals surface area contributed by atoms with Crippen LogP contribution in [0.1, 0.15) is 49.2 Å². The summed E-state index contributed by atoms with van der Waals surface area (Å²) in [7, 11) is 0. The van der Waals surface area contributed by atoms with E-state index in [0.29, 0.717) is 6.61 Å². The normalized spacial score (nSPS) is 20.2. The Hall–Kier alpha value is -0.390. The number of hydrogen-bond donors (Lipinski definition) is 1. The van der Waals surface area contributed by atoms with Crippen LogP contribution < -0.4 is 0 Å². The minimum atomic E-state index is 0.619. The number of hydrogen-bond acceptors (Lipinski definition) is 4. The highest BCUT2D eigenvalue weighted by Gasteiger charge is 2.16. The molecule has 0 amide bonds. The van der Waals surface area contributed by atoms with Gasteiger partial charge in [-0.2, -0.15) is 11.8 Å². The van der Waals surface area contributed by atoms with Crippen molar-refractivity contribution in [1.29, 1.82) is 0 Å². The molecule has 1 fully saturated rings. The molecule has 0 bridgehead atoms. The van der Waals surface area contributed by atoms with E-state index < -0.39 is 0 Å². The number of fused-ring (bicyclic) bond motifs is 1. The number of H-pyrrole nitrogens is 1. The Morgan fingerprint density at radius 2 is 2.16 bits per heavy atom. The van der Waals surface area contributed by atoms with Gasteiger partial charge >= 0.3 is 0 Å². The van der Waals surface area contributed by atoms with Gasteiger partial charge in [0, 0.05) is 22.9 Å². The van der Waals surface area contributed by atoms with Crippen molar-refractivity contribution in [2.45, 2.75) is 56.1 Å². The van der Waals surface area contributed by atoms with Gasteiger partial charge in [-0.3, -0.25) is 0 Å². The van der Waals surface area contributed by atoms with Crippen LogP contribution in [0.2, 0.25) is 0 Å². The van der Waals surface area contributed by atoms with Crippen LogP contribution in [-0.2, 0) is 23.5 Å². The van der Waals surface area contributed by atoms with Gasteiger partial charge in [0.2, 0.25) is 0 Å². The molecular formula is C14H20N2OS2. The maximum atomic E-state index is 5.44. The van der Waals surface area contributed by atoms with Crippen LogP contribution in [0.5, 0.6) is 0 Å². The largest absolute Gasteiger partial charge is 0.376 e. The second-order valence-corrected chi connectivity index (χ2v) is 6.99. The molecule has 5 heteroatoms. The van der Waals surface area contributed by atoms with Crippen LogP contribution in [0.4, 0.5) is 0 Å². The Morgan fingerprint density at radius 1 is 1.32 bits per heavy atom. The Bertz CT molecular complexity index is 495. The van der Waals surface area contributed by atoms with Gasteiger partial charge in [-0.05, 0) is 12.8 Å². The highest BCUT2D eigenvalue weighted by Crippen LogP contribution is 2.30. The third kappa shape index (κ3) is 3.38. The lowest BCUT2D eigenvalue weighted by molar-refractivity contribution is 0.108. The lowest BCUT2D eigenvalue weighted by Gasteiger charge is -2.21. The molecule has 0 radical (unpaired) electrons. The van der Waals surface area contributed by atoms with Crippen molar-refractivity contribution in [2.75, 3.05) is 6.61 Å². The topological polar surface area (TPSA) is 37.9 Å². The summed E-state index contributed by atoms with van der Waals surface area (Å²) in [6.45, 7) is 1.41. The SMILES string of the molecule is S=c1nc(CSC2CCCCC2)[nH]c2c1COCC2. The molecule has 2 aliphatic rings. The number of nitrogens with zero attached hydrogens (tertiary/aromatic N) is 1. The molecule has 2 heterocycles. The predicted molar refractivity (Wildman–Crippen MR) is 80.9 cm³/mol. The third-order valence-corrected chi connectivity index (χ3v) is 5.63. The molecule has 0 atom stereocenters. The summed E-state index contributed by atoms with van der Waals surface area (Å²) in [5.41, 5.74) is 2.33. The first-order valence-electron chi connectivity index (χ1n) is 7.13. The molecule has 104 valence electrons. The Balaban J connectivity index is 1.67. The quantitative estimate of drug-likeness (QED) is 0.862. The zero-order valence-corrected chi connectivity index (χ0v) is 12.7. The fourth-order valence-electron chi connectivity index (χ4n) is 2.80. The number of ether oxygens (including phenoxy) is 1. The third-order valence-electron chi connectivity index (χ3n) is 3.90. The van der Waals surface area contributed by atoms with Gasteiger partial charge in [0.1, 0.15) is 10.5 Å². The Labute approximate surface area is 123 Å². The molecule has 3 nitrogen and oxygen atoms in total. The summed E-state index contributed by atoms with van der Waals surface area (Å²) in [5, 5.41) is 0.817. The van der Waals surface area contributed by atoms with Crippen molar-refractivity contribution in [3.8, 4) is 0 Å². The molecule has 0 saturated heterocycles. The lowest BCUT2D eigenvalue weighted by atomic mass is 10.0. The number of aromatic nitrogens is 2. The highest BCUT2D eigenvalue weighted by molar-refractivity contribution is 7.99. The van der Waals surface area contributed by atoms with Crippen molar-refractivity contribution in [3.05, 3.63) is 21.7 Å². The van der Waals surface area contributed by atoms with E-state index >= 15 is 0 Å². The van der Waals surface area contributed by atoms with Crippen molar-refractivity contribution in [1.82, 2.24) is 9.97 Å². The minimum absolute atomic E-state index is 0.619. The summed E-state index contributed by atoms with van der Waals surface area (Å²) in [5.74, 6) is 2.00. The standard InChI is InChI=1S/C14H20N2OS2/c18-14-11-8-17-7-6-12(11)15-13(16-14)9-19-10-4-2-1-3-5-10/h10H,1-9H2,(H,15,16,18). The molecule has 0 aromatic carbocycles. The van der Waals surface area contributed by atoms with Crippen molar-refractivity contribution in [2.24, 2.45) is 0 Å². The van der Waals surface area contributed by atoms with E-state index in [4.69, 9.17) is 17.0 Å². The summed E-state index contributed by atoms with van der Waals surface area (Å²) >= 11 is 7.42. The first kappa shape index (κ1) is 13.6. The lowest BCUT2D eigenvalue weighted by Crippen LogP contribution is -2.15. The zero-order chi connectivity index (χ0) is 13.1. The van der Waals surface area contributed by atoms with Crippen molar-refractivity contribution >= 4 is 24.0 Å². The molecule has 1 aliphatic carbocycles. The van der Waals surface area contributed by atoms with Gasteiger partial charge in [0.15, 0.2) is 0 Å². The Morgan fingerprint density at radius 3 is 3.00 bits per heavy atom. The van der Waals surface area contributed by atoms with Gasteiger partial charge < -0.3 is 9.72 Å². The first-order valence-corrected chi connectivity index (χ1v) is 8.59. The fraction of sp³-hybridized carbons (Fsp3) is 0.714. The first-order chi connectivity index (χ1) is 9.33. The number of thioether (sulfide) groups is 1. The molecule has 1 N–H and O–H groups in total. The van der Waals surface area contributed by atoms with Gasteiger partial charge in [-0.1, -0.05) is 31.5 Å². The van der Waals surface area contributed by atoms with Gasteiger partial charge in [-0.25, -0.2) is 4.98 Å². The average Bonchev–Trinajstić information content (AvgIpc) is 2.46. The highest BCUT2D eigenvalue weighted by atomic mass is 32.2. The van der Waals surface area contributed by atoms with Crippen LogP contribution >= 0.6 is 24.0 Å². The second kappa shape index (κ2) is 6.37. The van der Waals surface area contributed by atoms with E-state index in [9.17, 15) is 0 Å². The second-order valence-electron chi connectivity index (χ2n) is 5.32. The smallest absolute Gasteiger partial charge is 0.135 e. The summed E-state index contributed by atoms with van der Waals surface area (Å²) < 4.78 is 6.17. The monoisotopic (exact) mass is 296 g/mol. The maximum Gasteiger partial charge on any atom is 0.135 e. The van der Waals surface area contributed by atoms with Crippen LogP contribution in [0.15, 0.2) is 0 Å². The molecule has 19 heavy (non-hydrogen) atoms. The maximum absolute atomic E-state index is 5.44. The average molecular weight is 296 g/mol. The minimum Gasteiger partial charge on any atom is -0.376 e. The molecule has 1 aliphatic heterocycles. The van der Waals surface area contributed by atoms with E-state index in [2.05, 4.69) is 9.97 Å². The van der Waals surface area contributed by atoms with Gasteiger partial charge in [0.05, 0.1) is 19.0 Å². The number of rotatable bonds is 3.